The van der Waals surface area contributed by atoms with Crippen LogP contribution in [0.15, 0.2) is 48.6 Å². The van der Waals surface area contributed by atoms with Gasteiger partial charge in [-0.3, -0.25) is 0 Å². The molecule has 0 saturated heterocycles. The third-order valence-corrected chi connectivity index (χ3v) is 6.38. The fraction of sp³-hybridized carbons (Fsp3) is 0.552. The molecule has 0 bridgehead atoms. The van der Waals surface area contributed by atoms with Gasteiger partial charge in [-0.15, -0.1) is 0 Å². The number of aldehydes is 1. The molecule has 0 spiro atoms. The lowest BCUT2D eigenvalue weighted by atomic mass is 9.89. The van der Waals surface area contributed by atoms with Gasteiger partial charge < -0.3 is 14.8 Å². The Kier molecular flexibility index (Phi) is 11.0. The van der Waals surface area contributed by atoms with Crippen molar-refractivity contribution in [1.29, 1.82) is 0 Å². The number of fused-ring (bicyclic) bond motifs is 1. The maximum atomic E-state index is 10.5. The lowest BCUT2D eigenvalue weighted by Crippen LogP contribution is -2.18. The van der Waals surface area contributed by atoms with Gasteiger partial charge in [0.1, 0.15) is 12.0 Å². The smallest absolute Gasteiger partial charge is 0.122 e. The van der Waals surface area contributed by atoms with Gasteiger partial charge in [-0.05, 0) is 91.4 Å². The van der Waals surface area contributed by atoms with Gasteiger partial charge in [0.2, 0.25) is 0 Å². The summed E-state index contributed by atoms with van der Waals surface area (Å²) in [6, 6.07) is 13.3. The number of rotatable bonds is 8. The van der Waals surface area contributed by atoms with Crippen LogP contribution in [-0.2, 0) is 4.79 Å². The first-order chi connectivity index (χ1) is 15.4. The van der Waals surface area contributed by atoms with Crippen molar-refractivity contribution in [3.63, 3.8) is 0 Å². The summed E-state index contributed by atoms with van der Waals surface area (Å²) in [5.74, 6) is 3.27. The molecular weight excluding hydrogens is 394 g/mol. The number of hydrogen-bond acceptors (Lipinski definition) is 3. The van der Waals surface area contributed by atoms with Crippen LogP contribution in [0.5, 0.6) is 5.75 Å². The van der Waals surface area contributed by atoms with E-state index < -0.39 is 0 Å². The molecule has 0 aromatic heterocycles. The van der Waals surface area contributed by atoms with Crippen molar-refractivity contribution in [3.05, 3.63) is 54.1 Å². The normalized spacial score (nSPS) is 20.2. The van der Waals surface area contributed by atoms with Gasteiger partial charge in [-0.1, -0.05) is 58.0 Å². The molecule has 2 aromatic rings. The number of nitrogens with one attached hydrogen (secondary N) is 1. The Hall–Kier alpha value is -2.13. The minimum atomic E-state index is 0.222. The molecule has 0 heterocycles. The van der Waals surface area contributed by atoms with Crippen molar-refractivity contribution < 1.29 is 9.53 Å². The van der Waals surface area contributed by atoms with Crippen LogP contribution in [0.25, 0.3) is 10.8 Å². The van der Waals surface area contributed by atoms with Crippen LogP contribution in [0.2, 0.25) is 0 Å². The van der Waals surface area contributed by atoms with Gasteiger partial charge in [-0.2, -0.15) is 0 Å². The summed E-state index contributed by atoms with van der Waals surface area (Å²) >= 11 is 0. The first kappa shape index (κ1) is 26.1. The number of allylic oxidation sites excluding steroid dienone is 2. The quantitative estimate of drug-likeness (QED) is 0.346. The fourth-order valence-electron chi connectivity index (χ4n) is 4.57. The van der Waals surface area contributed by atoms with E-state index >= 15 is 0 Å². The first-order valence-electron chi connectivity index (χ1n) is 12.2. The molecule has 176 valence electrons. The molecule has 4 unspecified atom stereocenters. The van der Waals surface area contributed by atoms with Crippen molar-refractivity contribution >= 4 is 17.1 Å². The molecule has 4 atom stereocenters. The minimum absolute atomic E-state index is 0.222. The molecule has 2 aromatic carbocycles. The average molecular weight is 438 g/mol. The van der Waals surface area contributed by atoms with Crippen LogP contribution in [0.3, 0.4) is 0 Å². The fourth-order valence-corrected chi connectivity index (χ4v) is 4.57. The minimum Gasteiger partial charge on any atom is -0.497 e. The van der Waals surface area contributed by atoms with Crippen LogP contribution in [0, 0.1) is 23.7 Å². The Morgan fingerprint density at radius 1 is 1.12 bits per heavy atom. The summed E-state index contributed by atoms with van der Waals surface area (Å²) in [5.41, 5.74) is 1.36. The third kappa shape index (κ3) is 8.43. The molecule has 32 heavy (non-hydrogen) atoms. The van der Waals surface area contributed by atoms with Crippen molar-refractivity contribution in [1.82, 2.24) is 5.32 Å². The molecule has 0 saturated carbocycles. The van der Waals surface area contributed by atoms with E-state index in [2.05, 4.69) is 68.6 Å². The van der Waals surface area contributed by atoms with Crippen molar-refractivity contribution in [2.75, 3.05) is 14.2 Å². The van der Waals surface area contributed by atoms with Crippen LogP contribution in [0.4, 0.5) is 0 Å². The van der Waals surface area contributed by atoms with E-state index in [0.29, 0.717) is 17.9 Å². The first-order valence-corrected chi connectivity index (χ1v) is 12.2. The maximum absolute atomic E-state index is 10.5. The second-order valence-corrected chi connectivity index (χ2v) is 9.90. The zero-order valence-corrected chi connectivity index (χ0v) is 20.9. The van der Waals surface area contributed by atoms with E-state index in [0.717, 1.165) is 30.8 Å². The molecule has 1 N–H and O–H groups in total. The number of carbonyl (C=O) groups is 1. The predicted octanol–water partition coefficient (Wildman–Crippen LogP) is 7.36. The van der Waals surface area contributed by atoms with E-state index in [9.17, 15) is 4.79 Å². The van der Waals surface area contributed by atoms with E-state index in [1.807, 2.05) is 20.0 Å². The monoisotopic (exact) mass is 437 g/mol. The Morgan fingerprint density at radius 2 is 1.84 bits per heavy atom. The average Bonchev–Trinajstić information content (AvgIpc) is 3.00. The van der Waals surface area contributed by atoms with Crippen molar-refractivity contribution in [3.8, 4) is 5.75 Å². The largest absolute Gasteiger partial charge is 0.497 e. The summed E-state index contributed by atoms with van der Waals surface area (Å²) in [4.78, 5) is 10.5. The van der Waals surface area contributed by atoms with Gasteiger partial charge >= 0.3 is 0 Å². The molecule has 1 aliphatic rings. The lowest BCUT2D eigenvalue weighted by Gasteiger charge is -2.19. The van der Waals surface area contributed by atoms with Gasteiger partial charge in [0, 0.05) is 12.0 Å². The second kappa shape index (κ2) is 13.4. The van der Waals surface area contributed by atoms with Gasteiger partial charge in [0.15, 0.2) is 0 Å². The topological polar surface area (TPSA) is 38.3 Å². The molecular formula is C29H43NO2. The van der Waals surface area contributed by atoms with E-state index in [1.165, 1.54) is 35.6 Å². The lowest BCUT2D eigenvalue weighted by molar-refractivity contribution is -0.111. The summed E-state index contributed by atoms with van der Waals surface area (Å²) in [5, 5.41) is 5.90. The number of hydrogen-bond donors (Lipinski definition) is 1. The molecule has 3 nitrogen and oxygen atoms in total. The summed E-state index contributed by atoms with van der Waals surface area (Å²) in [6.45, 7) is 8.84. The van der Waals surface area contributed by atoms with Gasteiger partial charge in [0.05, 0.1) is 7.11 Å². The Bertz CT molecular complexity index is 857. The second-order valence-electron chi connectivity index (χ2n) is 9.90. The summed E-state index contributed by atoms with van der Waals surface area (Å²) < 4.78 is 5.26. The van der Waals surface area contributed by atoms with Gasteiger partial charge in [0.25, 0.3) is 0 Å². The van der Waals surface area contributed by atoms with Crippen molar-refractivity contribution in [2.24, 2.45) is 23.7 Å². The molecule has 0 radical (unpaired) electrons. The SMILES string of the molecule is CC(C=O)CC1C=CCCC(C)C1.CNC(CC(C)C)c1ccc2cc(OC)ccc2c1. The van der Waals surface area contributed by atoms with Crippen LogP contribution >= 0.6 is 0 Å². The van der Waals surface area contributed by atoms with E-state index in [-0.39, 0.29) is 5.92 Å². The number of ether oxygens (including phenoxy) is 1. The molecule has 0 aliphatic heterocycles. The van der Waals surface area contributed by atoms with Crippen LogP contribution < -0.4 is 10.1 Å². The standard InChI is InChI=1S/C17H23NO.C12H20O/c1-12(2)9-17(18-3)15-6-5-14-11-16(19-4)8-7-13(14)10-15;1-10-5-3-4-6-12(7-10)8-11(2)9-13/h5-8,10-12,17-18H,9H2,1-4H3;4,6,9-12H,3,5,7-8H2,1-2H3. The highest BCUT2D eigenvalue weighted by Crippen LogP contribution is 2.28. The maximum Gasteiger partial charge on any atom is 0.122 e. The van der Waals surface area contributed by atoms with Gasteiger partial charge in [-0.25, -0.2) is 0 Å². The highest BCUT2D eigenvalue weighted by Gasteiger charge is 2.15. The molecule has 3 rings (SSSR count). The molecule has 1 aliphatic carbocycles. The predicted molar refractivity (Wildman–Crippen MR) is 137 cm³/mol. The summed E-state index contributed by atoms with van der Waals surface area (Å²) in [6.07, 6.45) is 11.6. The number of methoxy groups -OCH3 is 1. The Balaban J connectivity index is 0.000000244. The van der Waals surface area contributed by atoms with Crippen LogP contribution in [0.1, 0.15) is 71.4 Å². The van der Waals surface area contributed by atoms with E-state index in [4.69, 9.17) is 4.74 Å². The Labute approximate surface area is 195 Å². The third-order valence-electron chi connectivity index (χ3n) is 6.38. The molecule has 3 heteroatoms. The highest BCUT2D eigenvalue weighted by atomic mass is 16.5. The van der Waals surface area contributed by atoms with E-state index in [1.54, 1.807) is 7.11 Å². The zero-order chi connectivity index (χ0) is 23.5. The Morgan fingerprint density at radius 3 is 2.50 bits per heavy atom. The van der Waals surface area contributed by atoms with Crippen molar-refractivity contribution in [2.45, 2.75) is 65.8 Å². The highest BCUT2D eigenvalue weighted by molar-refractivity contribution is 5.84. The summed E-state index contributed by atoms with van der Waals surface area (Å²) in [7, 11) is 3.74. The number of benzene rings is 2. The number of carbonyl (C=O) groups excluding carboxylic acids is 1. The zero-order valence-electron chi connectivity index (χ0n) is 20.9. The molecule has 0 fully saturated rings. The van der Waals surface area contributed by atoms with Crippen LogP contribution in [-0.4, -0.2) is 20.4 Å². The molecule has 0 amide bonds.